The summed E-state index contributed by atoms with van der Waals surface area (Å²) in [6, 6.07) is 7.68. The zero-order valence-corrected chi connectivity index (χ0v) is 13.9. The molecule has 0 fully saturated rings. The Kier molecular flexibility index (Phi) is 5.27. The molecule has 6 heteroatoms. The summed E-state index contributed by atoms with van der Waals surface area (Å²) in [7, 11) is 0. The SMILES string of the molecule is CC(=O)c1sc(N/N=C\c2cccc(OC(C)C)c2)nc1C. The summed E-state index contributed by atoms with van der Waals surface area (Å²) in [5, 5.41) is 4.76. The molecule has 22 heavy (non-hydrogen) atoms. The van der Waals surface area contributed by atoms with E-state index in [4.69, 9.17) is 4.74 Å². The maximum absolute atomic E-state index is 11.4. The van der Waals surface area contributed by atoms with Crippen molar-refractivity contribution >= 4 is 28.5 Å². The zero-order chi connectivity index (χ0) is 16.1. The molecule has 0 spiro atoms. The number of ketones is 1. The minimum absolute atomic E-state index is 0.0190. The van der Waals surface area contributed by atoms with E-state index in [0.29, 0.717) is 10.0 Å². The molecule has 0 saturated heterocycles. The van der Waals surface area contributed by atoms with Crippen molar-refractivity contribution in [1.29, 1.82) is 0 Å². The van der Waals surface area contributed by atoms with Crippen molar-refractivity contribution in [2.24, 2.45) is 5.10 Å². The molecular formula is C16H19N3O2S. The van der Waals surface area contributed by atoms with Crippen LogP contribution in [-0.4, -0.2) is 23.1 Å². The molecular weight excluding hydrogens is 298 g/mol. The quantitative estimate of drug-likeness (QED) is 0.499. The number of rotatable bonds is 6. The smallest absolute Gasteiger partial charge is 0.204 e. The number of aromatic nitrogens is 1. The largest absolute Gasteiger partial charge is 0.491 e. The van der Waals surface area contributed by atoms with E-state index >= 15 is 0 Å². The van der Waals surface area contributed by atoms with Crippen LogP contribution in [0.15, 0.2) is 29.4 Å². The summed E-state index contributed by atoms with van der Waals surface area (Å²) in [6.07, 6.45) is 1.82. The van der Waals surface area contributed by atoms with Gasteiger partial charge in [-0.05, 0) is 38.5 Å². The number of hydrazone groups is 1. The highest BCUT2D eigenvalue weighted by atomic mass is 32.1. The highest BCUT2D eigenvalue weighted by Gasteiger charge is 2.10. The van der Waals surface area contributed by atoms with E-state index in [0.717, 1.165) is 17.0 Å². The molecule has 1 heterocycles. The maximum Gasteiger partial charge on any atom is 0.204 e. The van der Waals surface area contributed by atoms with Gasteiger partial charge in [0.25, 0.3) is 0 Å². The third-order valence-electron chi connectivity index (χ3n) is 2.72. The van der Waals surface area contributed by atoms with Crippen LogP contribution in [0.1, 0.15) is 41.7 Å². The summed E-state index contributed by atoms with van der Waals surface area (Å²) in [5.74, 6) is 0.827. The highest BCUT2D eigenvalue weighted by Crippen LogP contribution is 2.22. The van der Waals surface area contributed by atoms with Crippen molar-refractivity contribution in [3.63, 3.8) is 0 Å². The minimum atomic E-state index is 0.0190. The molecule has 1 aromatic heterocycles. The van der Waals surface area contributed by atoms with Gasteiger partial charge in [-0.2, -0.15) is 5.10 Å². The number of carbonyl (C=O) groups is 1. The minimum Gasteiger partial charge on any atom is -0.491 e. The Morgan fingerprint density at radius 1 is 1.45 bits per heavy atom. The van der Waals surface area contributed by atoms with E-state index in [2.05, 4.69) is 15.5 Å². The molecule has 1 aromatic carbocycles. The average Bonchev–Trinajstić information content (AvgIpc) is 2.80. The number of ether oxygens (including phenoxy) is 1. The lowest BCUT2D eigenvalue weighted by molar-refractivity contribution is 0.102. The second kappa shape index (κ2) is 7.17. The molecule has 0 atom stereocenters. The number of nitrogens with zero attached hydrogens (tertiary/aromatic N) is 2. The average molecular weight is 317 g/mol. The van der Waals surface area contributed by atoms with Crippen LogP contribution in [-0.2, 0) is 0 Å². The number of carbonyl (C=O) groups excluding carboxylic acids is 1. The van der Waals surface area contributed by atoms with Crippen LogP contribution in [0.3, 0.4) is 0 Å². The van der Waals surface area contributed by atoms with E-state index in [-0.39, 0.29) is 11.9 Å². The summed E-state index contributed by atoms with van der Waals surface area (Å²) < 4.78 is 5.64. The molecule has 0 aliphatic heterocycles. The fourth-order valence-corrected chi connectivity index (χ4v) is 2.68. The lowest BCUT2D eigenvalue weighted by Crippen LogP contribution is -2.05. The molecule has 2 rings (SSSR count). The van der Waals surface area contributed by atoms with E-state index in [1.165, 1.54) is 18.3 Å². The van der Waals surface area contributed by atoms with Gasteiger partial charge in [0.2, 0.25) is 5.13 Å². The molecule has 5 nitrogen and oxygen atoms in total. The first kappa shape index (κ1) is 16.2. The third-order valence-corrected chi connectivity index (χ3v) is 3.88. The van der Waals surface area contributed by atoms with Gasteiger partial charge in [0.05, 0.1) is 22.9 Å². The van der Waals surface area contributed by atoms with Gasteiger partial charge in [-0.1, -0.05) is 23.5 Å². The fraction of sp³-hybridized carbons (Fsp3) is 0.312. The lowest BCUT2D eigenvalue weighted by atomic mass is 10.2. The van der Waals surface area contributed by atoms with Crippen molar-refractivity contribution in [3.05, 3.63) is 40.4 Å². The van der Waals surface area contributed by atoms with Gasteiger partial charge in [0, 0.05) is 6.92 Å². The number of thiazole rings is 1. The summed E-state index contributed by atoms with van der Waals surface area (Å²) in [4.78, 5) is 16.3. The Bertz CT molecular complexity index is 692. The monoisotopic (exact) mass is 317 g/mol. The Hall–Kier alpha value is -2.21. The molecule has 0 bridgehead atoms. The predicted octanol–water partition coefficient (Wildman–Crippen LogP) is 3.89. The predicted molar refractivity (Wildman–Crippen MR) is 90.3 cm³/mol. The first-order valence-corrected chi connectivity index (χ1v) is 7.81. The van der Waals surface area contributed by atoms with E-state index in [1.54, 1.807) is 6.21 Å². The molecule has 0 radical (unpaired) electrons. The highest BCUT2D eigenvalue weighted by molar-refractivity contribution is 7.17. The molecule has 0 amide bonds. The van der Waals surface area contributed by atoms with Crippen LogP contribution in [0.5, 0.6) is 5.75 Å². The van der Waals surface area contributed by atoms with Gasteiger partial charge < -0.3 is 4.74 Å². The van der Waals surface area contributed by atoms with Crippen LogP contribution in [0, 0.1) is 6.92 Å². The number of aryl methyl sites for hydroxylation is 1. The number of benzene rings is 1. The Balaban J connectivity index is 2.03. The fourth-order valence-electron chi connectivity index (χ4n) is 1.87. The Morgan fingerprint density at radius 2 is 2.23 bits per heavy atom. The van der Waals surface area contributed by atoms with Crippen LogP contribution in [0.2, 0.25) is 0 Å². The first-order chi connectivity index (χ1) is 10.5. The Morgan fingerprint density at radius 3 is 2.86 bits per heavy atom. The van der Waals surface area contributed by atoms with Gasteiger partial charge in [-0.3, -0.25) is 10.2 Å². The van der Waals surface area contributed by atoms with Gasteiger partial charge in [0.1, 0.15) is 5.75 Å². The molecule has 0 aliphatic rings. The molecule has 0 unspecified atom stereocenters. The maximum atomic E-state index is 11.4. The second-order valence-corrected chi connectivity index (χ2v) is 6.10. The van der Waals surface area contributed by atoms with E-state index in [9.17, 15) is 4.79 Å². The van der Waals surface area contributed by atoms with Crippen molar-refractivity contribution in [2.45, 2.75) is 33.8 Å². The number of nitrogens with one attached hydrogen (secondary N) is 1. The van der Waals surface area contributed by atoms with Crippen LogP contribution in [0.25, 0.3) is 0 Å². The van der Waals surface area contributed by atoms with E-state index < -0.39 is 0 Å². The molecule has 1 N–H and O–H groups in total. The second-order valence-electron chi connectivity index (χ2n) is 5.10. The van der Waals surface area contributed by atoms with Crippen molar-refractivity contribution < 1.29 is 9.53 Å². The summed E-state index contributed by atoms with van der Waals surface area (Å²) in [6.45, 7) is 7.32. The number of anilines is 1. The van der Waals surface area contributed by atoms with Gasteiger partial charge in [-0.15, -0.1) is 0 Å². The van der Waals surface area contributed by atoms with Gasteiger partial charge in [-0.25, -0.2) is 4.98 Å². The van der Waals surface area contributed by atoms with Gasteiger partial charge in [0.15, 0.2) is 5.78 Å². The molecule has 2 aromatic rings. The van der Waals surface area contributed by atoms with E-state index in [1.807, 2.05) is 45.0 Å². The van der Waals surface area contributed by atoms with Crippen LogP contribution in [0.4, 0.5) is 5.13 Å². The molecule has 0 aliphatic carbocycles. The van der Waals surface area contributed by atoms with Gasteiger partial charge >= 0.3 is 0 Å². The van der Waals surface area contributed by atoms with Crippen molar-refractivity contribution in [1.82, 2.24) is 4.98 Å². The summed E-state index contributed by atoms with van der Waals surface area (Å²) in [5.41, 5.74) is 4.50. The van der Waals surface area contributed by atoms with Crippen LogP contribution >= 0.6 is 11.3 Å². The topological polar surface area (TPSA) is 63.6 Å². The first-order valence-electron chi connectivity index (χ1n) is 7.00. The number of hydrogen-bond donors (Lipinski definition) is 1. The van der Waals surface area contributed by atoms with Crippen molar-refractivity contribution in [3.8, 4) is 5.75 Å². The number of hydrogen-bond acceptors (Lipinski definition) is 6. The zero-order valence-electron chi connectivity index (χ0n) is 13.1. The Labute approximate surface area is 134 Å². The molecule has 0 saturated carbocycles. The van der Waals surface area contributed by atoms with Crippen LogP contribution < -0.4 is 10.2 Å². The van der Waals surface area contributed by atoms with Crippen molar-refractivity contribution in [2.75, 3.05) is 5.43 Å². The normalized spacial score (nSPS) is 11.1. The lowest BCUT2D eigenvalue weighted by Gasteiger charge is -2.09. The molecule has 116 valence electrons. The number of Topliss-reactive ketones (excluding diaryl/α,β-unsaturated/α-hetero) is 1. The standard InChI is InChI=1S/C16H19N3O2S/c1-10(2)21-14-7-5-6-13(8-14)9-17-19-16-18-11(3)15(22-16)12(4)20/h5-10H,1-4H3,(H,18,19)/b17-9-. The summed E-state index contributed by atoms with van der Waals surface area (Å²) >= 11 is 1.30. The third kappa shape index (κ3) is 4.39.